The molecular weight excluding hydrogens is 222 g/mol. The first-order chi connectivity index (χ1) is 8.70. The van der Waals surface area contributed by atoms with E-state index in [1.807, 2.05) is 30.3 Å². The number of aliphatic hydroxyl groups is 1. The van der Waals surface area contributed by atoms with Crippen molar-refractivity contribution in [3.8, 4) is 6.07 Å². The molecule has 1 N–H and O–H groups in total. The van der Waals surface area contributed by atoms with Crippen molar-refractivity contribution in [3.05, 3.63) is 83.9 Å². The Hall–Kier alpha value is -2.37. The molecule has 1 atom stereocenters. The third kappa shape index (κ3) is 2.04. The van der Waals surface area contributed by atoms with Crippen LogP contribution in [0.3, 0.4) is 0 Å². The van der Waals surface area contributed by atoms with Gasteiger partial charge in [0.25, 0.3) is 0 Å². The van der Waals surface area contributed by atoms with E-state index >= 15 is 0 Å². The maximum absolute atomic E-state index is 10.7. The van der Waals surface area contributed by atoms with E-state index < -0.39 is 5.60 Å². The molecule has 0 fully saturated rings. The minimum Gasteiger partial charge on any atom is -0.377 e. The zero-order valence-corrected chi connectivity index (χ0v) is 9.88. The number of nitrogens with zero attached hydrogens (tertiary/aromatic N) is 1. The zero-order valence-electron chi connectivity index (χ0n) is 9.88. The van der Waals surface area contributed by atoms with Gasteiger partial charge in [-0.1, -0.05) is 55.1 Å². The van der Waals surface area contributed by atoms with E-state index in [4.69, 9.17) is 5.26 Å². The molecule has 0 aromatic heterocycles. The first kappa shape index (κ1) is 12.1. The fraction of sp³-hybridized carbons (Fsp3) is 0.0625. The van der Waals surface area contributed by atoms with E-state index in [2.05, 4.69) is 12.6 Å². The molecule has 0 radical (unpaired) electrons. The summed E-state index contributed by atoms with van der Waals surface area (Å²) in [4.78, 5) is 0. The SMILES string of the molecule is C=CC(O)(c1ccccc1)c1ccc(C#N)cc1. The lowest BCUT2D eigenvalue weighted by Crippen LogP contribution is -2.24. The standard InChI is InChI=1S/C16H13NO/c1-2-16(18,14-6-4-3-5-7-14)15-10-8-13(12-17)9-11-15/h2-11,18H,1H2. The molecule has 0 spiro atoms. The van der Waals surface area contributed by atoms with Gasteiger partial charge in [-0.2, -0.15) is 5.26 Å². The minimum atomic E-state index is -1.23. The highest BCUT2D eigenvalue weighted by Crippen LogP contribution is 2.30. The second-order valence-corrected chi connectivity index (χ2v) is 4.03. The van der Waals surface area contributed by atoms with Gasteiger partial charge in [0.05, 0.1) is 11.6 Å². The third-order valence-electron chi connectivity index (χ3n) is 2.96. The maximum Gasteiger partial charge on any atom is 0.133 e. The summed E-state index contributed by atoms with van der Waals surface area (Å²) in [5, 5.41) is 19.5. The van der Waals surface area contributed by atoms with Crippen LogP contribution in [0.25, 0.3) is 0 Å². The van der Waals surface area contributed by atoms with Crippen LogP contribution in [0.2, 0.25) is 0 Å². The molecule has 1 unspecified atom stereocenters. The van der Waals surface area contributed by atoms with E-state index in [0.717, 1.165) is 5.56 Å². The van der Waals surface area contributed by atoms with Crippen molar-refractivity contribution < 1.29 is 5.11 Å². The second-order valence-electron chi connectivity index (χ2n) is 4.03. The van der Waals surface area contributed by atoms with Crippen LogP contribution in [0.4, 0.5) is 0 Å². The van der Waals surface area contributed by atoms with Crippen LogP contribution in [0, 0.1) is 11.3 Å². The van der Waals surface area contributed by atoms with Gasteiger partial charge >= 0.3 is 0 Å². The molecule has 0 bridgehead atoms. The molecule has 2 aromatic rings. The third-order valence-corrected chi connectivity index (χ3v) is 2.96. The van der Waals surface area contributed by atoms with Crippen molar-refractivity contribution in [1.29, 1.82) is 5.26 Å². The Kier molecular flexibility index (Phi) is 3.27. The zero-order chi connectivity index (χ0) is 13.0. The monoisotopic (exact) mass is 235 g/mol. The fourth-order valence-electron chi connectivity index (χ4n) is 1.89. The highest BCUT2D eigenvalue weighted by Gasteiger charge is 2.27. The second kappa shape index (κ2) is 4.87. The summed E-state index contributed by atoms with van der Waals surface area (Å²) in [5.41, 5.74) is 0.792. The van der Waals surface area contributed by atoms with Gasteiger partial charge in [0.1, 0.15) is 5.60 Å². The average molecular weight is 235 g/mol. The average Bonchev–Trinajstić information content (AvgIpc) is 2.47. The number of hydrogen-bond acceptors (Lipinski definition) is 2. The van der Waals surface area contributed by atoms with Crippen LogP contribution in [0.5, 0.6) is 0 Å². The van der Waals surface area contributed by atoms with Crippen LogP contribution in [0.15, 0.2) is 67.3 Å². The van der Waals surface area contributed by atoms with Crippen LogP contribution in [-0.2, 0) is 5.60 Å². The van der Waals surface area contributed by atoms with Gasteiger partial charge in [0, 0.05) is 0 Å². The Morgan fingerprint density at radius 1 is 1.00 bits per heavy atom. The molecule has 18 heavy (non-hydrogen) atoms. The molecule has 0 aliphatic carbocycles. The topological polar surface area (TPSA) is 44.0 Å². The molecule has 0 aliphatic rings. The number of rotatable bonds is 3. The molecule has 88 valence electrons. The molecule has 2 heteroatoms. The molecule has 0 saturated heterocycles. The summed E-state index contributed by atoms with van der Waals surface area (Å²) < 4.78 is 0. The first-order valence-electron chi connectivity index (χ1n) is 5.63. The molecule has 2 aromatic carbocycles. The van der Waals surface area contributed by atoms with Crippen LogP contribution in [-0.4, -0.2) is 5.11 Å². The molecule has 0 amide bonds. The molecule has 0 heterocycles. The van der Waals surface area contributed by atoms with E-state index in [9.17, 15) is 5.11 Å². The Bertz CT molecular complexity index is 581. The highest BCUT2D eigenvalue weighted by molar-refractivity contribution is 5.42. The fourth-order valence-corrected chi connectivity index (χ4v) is 1.89. The van der Waals surface area contributed by atoms with E-state index in [-0.39, 0.29) is 0 Å². The van der Waals surface area contributed by atoms with Crippen molar-refractivity contribution in [1.82, 2.24) is 0 Å². The summed E-state index contributed by atoms with van der Waals surface area (Å²) in [6.45, 7) is 3.71. The lowest BCUT2D eigenvalue weighted by Gasteiger charge is -2.25. The molecule has 2 rings (SSSR count). The predicted molar refractivity (Wildman–Crippen MR) is 70.8 cm³/mol. The first-order valence-corrected chi connectivity index (χ1v) is 5.63. The minimum absolute atomic E-state index is 0.568. The van der Waals surface area contributed by atoms with Gasteiger partial charge in [-0.3, -0.25) is 0 Å². The normalized spacial score (nSPS) is 13.3. The Labute approximate surface area is 106 Å². The summed E-state index contributed by atoms with van der Waals surface area (Å²) in [6.07, 6.45) is 1.50. The highest BCUT2D eigenvalue weighted by atomic mass is 16.3. The van der Waals surface area contributed by atoms with Crippen molar-refractivity contribution >= 4 is 0 Å². The molecular formula is C16H13NO. The van der Waals surface area contributed by atoms with Crippen molar-refractivity contribution in [2.45, 2.75) is 5.60 Å². The maximum atomic E-state index is 10.7. The van der Waals surface area contributed by atoms with E-state index in [0.29, 0.717) is 11.1 Å². The van der Waals surface area contributed by atoms with Gasteiger partial charge in [0.15, 0.2) is 0 Å². The molecule has 2 nitrogen and oxygen atoms in total. The Balaban J connectivity index is 2.50. The Morgan fingerprint density at radius 3 is 2.06 bits per heavy atom. The van der Waals surface area contributed by atoms with Crippen molar-refractivity contribution in [2.24, 2.45) is 0 Å². The summed E-state index contributed by atoms with van der Waals surface area (Å²) in [5.74, 6) is 0. The summed E-state index contributed by atoms with van der Waals surface area (Å²) >= 11 is 0. The van der Waals surface area contributed by atoms with Crippen LogP contribution >= 0.6 is 0 Å². The number of benzene rings is 2. The molecule has 0 aliphatic heterocycles. The quantitative estimate of drug-likeness (QED) is 0.831. The molecule has 0 saturated carbocycles. The Morgan fingerprint density at radius 2 is 1.56 bits per heavy atom. The van der Waals surface area contributed by atoms with Crippen molar-refractivity contribution in [3.63, 3.8) is 0 Å². The number of hydrogen-bond donors (Lipinski definition) is 1. The lowest BCUT2D eigenvalue weighted by molar-refractivity contribution is 0.135. The predicted octanol–water partition coefficient (Wildman–Crippen LogP) is 2.98. The summed E-state index contributed by atoms with van der Waals surface area (Å²) in [7, 11) is 0. The van der Waals surface area contributed by atoms with Crippen molar-refractivity contribution in [2.75, 3.05) is 0 Å². The lowest BCUT2D eigenvalue weighted by atomic mass is 9.86. The van der Waals surface area contributed by atoms with Crippen LogP contribution < -0.4 is 0 Å². The summed E-state index contributed by atoms with van der Waals surface area (Å²) in [6, 6.07) is 18.2. The van der Waals surface area contributed by atoms with Gasteiger partial charge in [0.2, 0.25) is 0 Å². The van der Waals surface area contributed by atoms with Gasteiger partial charge < -0.3 is 5.11 Å². The van der Waals surface area contributed by atoms with Gasteiger partial charge in [-0.05, 0) is 23.3 Å². The van der Waals surface area contributed by atoms with E-state index in [1.54, 1.807) is 24.3 Å². The van der Waals surface area contributed by atoms with E-state index in [1.165, 1.54) is 6.08 Å². The number of nitriles is 1. The van der Waals surface area contributed by atoms with Crippen LogP contribution in [0.1, 0.15) is 16.7 Å². The van der Waals surface area contributed by atoms with Gasteiger partial charge in [-0.25, -0.2) is 0 Å². The largest absolute Gasteiger partial charge is 0.377 e. The van der Waals surface area contributed by atoms with Gasteiger partial charge in [-0.15, -0.1) is 0 Å². The smallest absolute Gasteiger partial charge is 0.133 e.